The van der Waals surface area contributed by atoms with Gasteiger partial charge < -0.3 is 16.0 Å². The Morgan fingerprint density at radius 2 is 1.96 bits per heavy atom. The predicted molar refractivity (Wildman–Crippen MR) is 102 cm³/mol. The zero-order valence-electron chi connectivity index (χ0n) is 13.7. The first-order chi connectivity index (χ1) is 11.7. The van der Waals surface area contributed by atoms with E-state index in [0.717, 1.165) is 6.07 Å². The van der Waals surface area contributed by atoms with Crippen LogP contribution in [0.15, 0.2) is 17.1 Å². The summed E-state index contributed by atoms with van der Waals surface area (Å²) in [6, 6.07) is 1.29. The van der Waals surface area contributed by atoms with E-state index in [2.05, 4.69) is 20.9 Å². The molecule has 1 aliphatic rings. The number of guanidine groups is 1. The van der Waals surface area contributed by atoms with Gasteiger partial charge in [-0.1, -0.05) is 0 Å². The molecule has 0 saturated carbocycles. The number of hydrogen-bond acceptors (Lipinski definition) is 4. The highest BCUT2D eigenvalue weighted by molar-refractivity contribution is 14.0. The van der Waals surface area contributed by atoms with Gasteiger partial charge in [-0.25, -0.2) is 21.6 Å². The summed E-state index contributed by atoms with van der Waals surface area (Å²) in [5.41, 5.74) is -0.490. The first-order valence-corrected chi connectivity index (χ1v) is 9.15. The van der Waals surface area contributed by atoms with E-state index in [4.69, 9.17) is 0 Å². The fourth-order valence-electron chi connectivity index (χ4n) is 2.28. The second-order valence-corrected chi connectivity index (χ2v) is 7.67. The quantitative estimate of drug-likeness (QED) is 0.245. The average molecular weight is 506 g/mol. The van der Waals surface area contributed by atoms with Crippen LogP contribution in [-0.4, -0.2) is 51.4 Å². The standard InChI is InChI=1S/C14H17F3N4O3S.HI/c1-18-14(20-8-4-5-25(23,24)7-8)19-6-11(22)21-10-3-2-9(15)12(16)13(10)17;/h2-3,8H,4-7H2,1H3,(H,21,22)(H2,18,19,20);1H. The van der Waals surface area contributed by atoms with Gasteiger partial charge in [0, 0.05) is 13.1 Å². The minimum absolute atomic E-state index is 0. The van der Waals surface area contributed by atoms with Gasteiger partial charge in [0.15, 0.2) is 33.2 Å². The molecule has 1 unspecified atom stereocenters. The van der Waals surface area contributed by atoms with E-state index in [-0.39, 0.29) is 54.0 Å². The van der Waals surface area contributed by atoms with E-state index < -0.39 is 38.9 Å². The van der Waals surface area contributed by atoms with Crippen LogP contribution in [0.2, 0.25) is 0 Å². The van der Waals surface area contributed by atoms with Crippen molar-refractivity contribution in [2.24, 2.45) is 4.99 Å². The van der Waals surface area contributed by atoms with Crippen LogP contribution in [0.25, 0.3) is 0 Å². The first kappa shape index (κ1) is 22.5. The van der Waals surface area contributed by atoms with E-state index in [9.17, 15) is 26.4 Å². The van der Waals surface area contributed by atoms with Crippen molar-refractivity contribution >= 4 is 51.4 Å². The van der Waals surface area contributed by atoms with Crippen LogP contribution in [0.4, 0.5) is 18.9 Å². The van der Waals surface area contributed by atoms with E-state index in [1.807, 2.05) is 0 Å². The fraction of sp³-hybridized carbons (Fsp3) is 0.429. The molecule has 1 atom stereocenters. The van der Waals surface area contributed by atoms with Crippen molar-refractivity contribution in [2.45, 2.75) is 12.5 Å². The number of nitrogens with zero attached hydrogens (tertiary/aromatic N) is 1. The SMILES string of the molecule is CN=C(NCC(=O)Nc1ccc(F)c(F)c1F)NC1CCS(=O)(=O)C1.I. The Morgan fingerprint density at radius 1 is 1.27 bits per heavy atom. The molecule has 1 saturated heterocycles. The van der Waals surface area contributed by atoms with Crippen molar-refractivity contribution in [1.29, 1.82) is 0 Å². The number of benzene rings is 1. The zero-order chi connectivity index (χ0) is 18.6. The van der Waals surface area contributed by atoms with Gasteiger partial charge in [0.1, 0.15) is 0 Å². The molecule has 12 heteroatoms. The summed E-state index contributed by atoms with van der Waals surface area (Å²) < 4.78 is 62.2. The normalized spacial score (nSPS) is 18.8. The minimum atomic E-state index is -3.07. The van der Waals surface area contributed by atoms with Crippen molar-refractivity contribution in [3.63, 3.8) is 0 Å². The summed E-state index contributed by atoms with van der Waals surface area (Å²) >= 11 is 0. The predicted octanol–water partition coefficient (Wildman–Crippen LogP) is 1.01. The lowest BCUT2D eigenvalue weighted by Crippen LogP contribution is -2.46. The number of aliphatic imine (C=N–C) groups is 1. The molecular weight excluding hydrogens is 488 g/mol. The lowest BCUT2D eigenvalue weighted by Gasteiger charge is -2.16. The van der Waals surface area contributed by atoms with Crippen LogP contribution in [0.5, 0.6) is 0 Å². The van der Waals surface area contributed by atoms with Gasteiger partial charge in [0.2, 0.25) is 5.91 Å². The maximum absolute atomic E-state index is 13.5. The number of anilines is 1. The van der Waals surface area contributed by atoms with E-state index in [1.54, 1.807) is 0 Å². The summed E-state index contributed by atoms with van der Waals surface area (Å²) in [6.07, 6.45) is 0.426. The van der Waals surface area contributed by atoms with Crippen molar-refractivity contribution in [3.05, 3.63) is 29.6 Å². The number of sulfone groups is 1. The molecule has 26 heavy (non-hydrogen) atoms. The van der Waals surface area contributed by atoms with Crippen molar-refractivity contribution in [3.8, 4) is 0 Å². The fourth-order valence-corrected chi connectivity index (χ4v) is 3.95. The number of carbonyl (C=O) groups excluding carboxylic acids is 1. The summed E-state index contributed by atoms with van der Waals surface area (Å²) in [5.74, 6) is -4.99. The third-order valence-corrected chi connectivity index (χ3v) is 5.29. The van der Waals surface area contributed by atoms with Gasteiger partial charge >= 0.3 is 0 Å². The minimum Gasteiger partial charge on any atom is -0.353 e. The first-order valence-electron chi connectivity index (χ1n) is 7.33. The Kier molecular flexibility index (Phi) is 8.12. The molecular formula is C14H18F3IN4O3S. The zero-order valence-corrected chi connectivity index (χ0v) is 16.8. The molecule has 1 heterocycles. The molecule has 1 fully saturated rings. The number of carbonyl (C=O) groups is 1. The van der Waals surface area contributed by atoms with Crippen LogP contribution < -0.4 is 16.0 Å². The Balaban J connectivity index is 0.00000338. The van der Waals surface area contributed by atoms with Gasteiger partial charge in [-0.05, 0) is 18.6 Å². The Hall–Kier alpha value is -1.57. The lowest BCUT2D eigenvalue weighted by atomic mass is 10.2. The largest absolute Gasteiger partial charge is 0.353 e. The summed E-state index contributed by atoms with van der Waals surface area (Å²) in [6.45, 7) is -0.336. The van der Waals surface area contributed by atoms with E-state index in [0.29, 0.717) is 12.5 Å². The third-order valence-electron chi connectivity index (χ3n) is 3.52. The summed E-state index contributed by atoms with van der Waals surface area (Å²) in [5, 5.41) is 7.60. The molecule has 1 aromatic rings. The highest BCUT2D eigenvalue weighted by atomic mass is 127. The maximum atomic E-state index is 13.5. The van der Waals surface area contributed by atoms with E-state index in [1.165, 1.54) is 7.05 Å². The van der Waals surface area contributed by atoms with Gasteiger partial charge in [0.25, 0.3) is 0 Å². The Morgan fingerprint density at radius 3 is 2.54 bits per heavy atom. The van der Waals surface area contributed by atoms with Crippen LogP contribution in [0.1, 0.15) is 6.42 Å². The second-order valence-electron chi connectivity index (χ2n) is 5.44. The lowest BCUT2D eigenvalue weighted by molar-refractivity contribution is -0.115. The monoisotopic (exact) mass is 506 g/mol. The molecule has 3 N–H and O–H groups in total. The van der Waals surface area contributed by atoms with E-state index >= 15 is 0 Å². The summed E-state index contributed by atoms with van der Waals surface area (Å²) in [7, 11) is -1.63. The van der Waals surface area contributed by atoms with Gasteiger partial charge in [0.05, 0.1) is 23.7 Å². The Bertz CT molecular complexity index is 805. The smallest absolute Gasteiger partial charge is 0.243 e. The van der Waals surface area contributed by atoms with Gasteiger partial charge in [-0.15, -0.1) is 24.0 Å². The molecule has 0 spiro atoms. The molecule has 7 nitrogen and oxygen atoms in total. The highest BCUT2D eigenvalue weighted by Gasteiger charge is 2.28. The van der Waals surface area contributed by atoms with Crippen molar-refractivity contribution in [1.82, 2.24) is 10.6 Å². The molecule has 0 aromatic heterocycles. The number of rotatable bonds is 4. The van der Waals surface area contributed by atoms with Crippen molar-refractivity contribution < 1.29 is 26.4 Å². The second kappa shape index (κ2) is 9.39. The average Bonchev–Trinajstić information content (AvgIpc) is 2.90. The van der Waals surface area contributed by atoms with Crippen LogP contribution >= 0.6 is 24.0 Å². The number of amides is 1. The Labute approximate surface area is 165 Å². The van der Waals surface area contributed by atoms with Crippen LogP contribution in [-0.2, 0) is 14.6 Å². The van der Waals surface area contributed by atoms with Crippen LogP contribution in [0.3, 0.4) is 0 Å². The topological polar surface area (TPSA) is 99.7 Å². The molecule has 146 valence electrons. The maximum Gasteiger partial charge on any atom is 0.243 e. The number of hydrogen-bond donors (Lipinski definition) is 3. The van der Waals surface area contributed by atoms with Crippen LogP contribution in [0, 0.1) is 17.5 Å². The molecule has 0 aliphatic carbocycles. The molecule has 0 bridgehead atoms. The number of nitrogens with one attached hydrogen (secondary N) is 3. The molecule has 1 amide bonds. The van der Waals surface area contributed by atoms with Gasteiger partial charge in [-0.2, -0.15) is 0 Å². The number of halogens is 4. The van der Waals surface area contributed by atoms with Crippen molar-refractivity contribution in [2.75, 3.05) is 30.4 Å². The molecule has 1 aliphatic heterocycles. The molecule has 1 aromatic carbocycles. The highest BCUT2D eigenvalue weighted by Crippen LogP contribution is 2.19. The molecule has 0 radical (unpaired) electrons. The summed E-state index contributed by atoms with van der Waals surface area (Å²) in [4.78, 5) is 15.6. The third kappa shape index (κ3) is 6.00. The van der Waals surface area contributed by atoms with Gasteiger partial charge in [-0.3, -0.25) is 9.79 Å². The molecule has 2 rings (SSSR count).